The summed E-state index contributed by atoms with van der Waals surface area (Å²) in [5.74, 6) is 0. The van der Waals surface area contributed by atoms with Crippen molar-refractivity contribution in [1.82, 2.24) is 13.7 Å². The average Bonchev–Trinajstić information content (AvgIpc) is 3.10. The number of hydrogen-bond acceptors (Lipinski definition) is 2. The van der Waals surface area contributed by atoms with Gasteiger partial charge in [0.05, 0.1) is 16.6 Å². The number of benzene rings is 2. The van der Waals surface area contributed by atoms with E-state index in [0.717, 1.165) is 22.2 Å². The molecule has 0 radical (unpaired) electrons. The molecule has 0 aliphatic rings. The van der Waals surface area contributed by atoms with Gasteiger partial charge in [-0.2, -0.15) is 0 Å². The zero-order valence-corrected chi connectivity index (χ0v) is 17.3. The predicted molar refractivity (Wildman–Crippen MR) is 116 cm³/mol. The van der Waals surface area contributed by atoms with E-state index in [1.807, 2.05) is 48.7 Å². The minimum atomic E-state index is -0.323. The highest BCUT2D eigenvalue weighted by Gasteiger charge is 2.20. The fourth-order valence-corrected chi connectivity index (χ4v) is 4.08. The Labute approximate surface area is 170 Å². The molecule has 0 fully saturated rings. The number of rotatable bonds is 4. The summed E-state index contributed by atoms with van der Waals surface area (Å²) in [4.78, 5) is 25.4. The molecule has 28 heavy (non-hydrogen) atoms. The fourth-order valence-electron chi connectivity index (χ4n) is 3.60. The van der Waals surface area contributed by atoms with E-state index in [1.54, 1.807) is 7.05 Å². The molecule has 0 amide bonds. The van der Waals surface area contributed by atoms with Gasteiger partial charge in [-0.1, -0.05) is 64.5 Å². The summed E-state index contributed by atoms with van der Waals surface area (Å²) in [5.41, 5.74) is 3.03. The van der Waals surface area contributed by atoms with Crippen LogP contribution < -0.4 is 11.2 Å². The first-order valence-electron chi connectivity index (χ1n) is 9.06. The molecular weight excluding hydrogens is 418 g/mol. The van der Waals surface area contributed by atoms with Crippen molar-refractivity contribution in [2.45, 2.75) is 13.0 Å². The molecular formula is C22H20BrN3O2. The highest BCUT2D eigenvalue weighted by molar-refractivity contribution is 9.10. The number of hydrogen-bond donors (Lipinski definition) is 0. The zero-order valence-electron chi connectivity index (χ0n) is 15.7. The summed E-state index contributed by atoms with van der Waals surface area (Å²) in [5, 5.41) is 0.560. The third kappa shape index (κ3) is 3.03. The second-order valence-corrected chi connectivity index (χ2v) is 7.71. The second-order valence-electron chi connectivity index (χ2n) is 6.85. The van der Waals surface area contributed by atoms with Crippen molar-refractivity contribution in [3.63, 3.8) is 0 Å². The van der Waals surface area contributed by atoms with Gasteiger partial charge >= 0.3 is 5.69 Å². The molecule has 0 atom stereocenters. The molecule has 0 N–H and O–H groups in total. The van der Waals surface area contributed by atoms with Crippen LogP contribution in [0.1, 0.15) is 5.56 Å². The Morgan fingerprint density at radius 2 is 1.57 bits per heavy atom. The molecule has 4 aromatic rings. The number of aryl methyl sites for hydroxylation is 3. The first-order chi connectivity index (χ1) is 13.5. The van der Waals surface area contributed by atoms with E-state index >= 15 is 0 Å². The van der Waals surface area contributed by atoms with E-state index in [4.69, 9.17) is 0 Å². The summed E-state index contributed by atoms with van der Waals surface area (Å²) < 4.78 is 5.70. The van der Waals surface area contributed by atoms with Crippen LogP contribution in [-0.2, 0) is 27.1 Å². The third-order valence-electron chi connectivity index (χ3n) is 5.13. The van der Waals surface area contributed by atoms with E-state index < -0.39 is 0 Å². The molecule has 142 valence electrons. The monoisotopic (exact) mass is 437 g/mol. The molecule has 0 saturated heterocycles. The minimum absolute atomic E-state index is 0.276. The molecule has 0 aliphatic heterocycles. The van der Waals surface area contributed by atoms with Gasteiger partial charge in [-0.15, -0.1) is 0 Å². The molecule has 4 rings (SSSR count). The summed E-state index contributed by atoms with van der Waals surface area (Å²) in [6.45, 7) is 0.701. The standard InChI is InChI=1S/C22H20BrN3O2/c1-24-18-14-26(13-12-15-8-4-3-5-9-15)20(16-10-6-7-11-17(16)23)19(18)21(27)25(2)22(24)28/h3-11,14H,12-13H2,1-2H3. The number of aromatic nitrogens is 3. The molecule has 2 aromatic heterocycles. The van der Waals surface area contributed by atoms with E-state index in [2.05, 4.69) is 32.6 Å². The lowest BCUT2D eigenvalue weighted by molar-refractivity contribution is 0.704. The molecule has 2 heterocycles. The van der Waals surface area contributed by atoms with Crippen LogP contribution in [0.4, 0.5) is 0 Å². The van der Waals surface area contributed by atoms with Gasteiger partial charge in [-0.25, -0.2) is 4.79 Å². The molecule has 6 heteroatoms. The largest absolute Gasteiger partial charge is 0.344 e. The van der Waals surface area contributed by atoms with Crippen molar-refractivity contribution in [2.75, 3.05) is 0 Å². The summed E-state index contributed by atoms with van der Waals surface area (Å²) in [6, 6.07) is 18.1. The van der Waals surface area contributed by atoms with Gasteiger partial charge < -0.3 is 4.57 Å². The summed E-state index contributed by atoms with van der Waals surface area (Å²) >= 11 is 3.62. The van der Waals surface area contributed by atoms with E-state index in [9.17, 15) is 9.59 Å². The van der Waals surface area contributed by atoms with Gasteiger partial charge in [-0.05, 0) is 18.1 Å². The Bertz CT molecular complexity index is 1280. The third-order valence-corrected chi connectivity index (χ3v) is 5.82. The van der Waals surface area contributed by atoms with Crippen LogP contribution in [0.25, 0.3) is 22.2 Å². The van der Waals surface area contributed by atoms with Gasteiger partial charge in [0.15, 0.2) is 0 Å². The van der Waals surface area contributed by atoms with E-state index in [-0.39, 0.29) is 11.2 Å². The Hall–Kier alpha value is -2.86. The molecule has 0 spiro atoms. The van der Waals surface area contributed by atoms with Gasteiger partial charge in [-0.3, -0.25) is 13.9 Å². The fraction of sp³-hybridized carbons (Fsp3) is 0.182. The van der Waals surface area contributed by atoms with Crippen molar-refractivity contribution < 1.29 is 0 Å². The molecule has 5 nitrogen and oxygen atoms in total. The van der Waals surface area contributed by atoms with Crippen LogP contribution >= 0.6 is 15.9 Å². The van der Waals surface area contributed by atoms with Crippen LogP contribution in [0.5, 0.6) is 0 Å². The van der Waals surface area contributed by atoms with Gasteiger partial charge in [0, 0.05) is 36.9 Å². The highest BCUT2D eigenvalue weighted by atomic mass is 79.9. The molecule has 0 saturated carbocycles. The Morgan fingerprint density at radius 3 is 2.29 bits per heavy atom. The quantitative estimate of drug-likeness (QED) is 0.488. The van der Waals surface area contributed by atoms with Gasteiger partial charge in [0.1, 0.15) is 0 Å². The average molecular weight is 438 g/mol. The lowest BCUT2D eigenvalue weighted by atomic mass is 10.1. The normalized spacial score (nSPS) is 11.2. The Morgan fingerprint density at radius 1 is 0.893 bits per heavy atom. The maximum absolute atomic E-state index is 13.0. The molecule has 2 aromatic carbocycles. The van der Waals surface area contributed by atoms with Crippen molar-refractivity contribution in [3.05, 3.63) is 91.7 Å². The Kier molecular flexibility index (Phi) is 4.81. The molecule has 0 bridgehead atoms. The molecule has 0 aliphatic carbocycles. The minimum Gasteiger partial charge on any atom is -0.344 e. The van der Waals surface area contributed by atoms with Crippen molar-refractivity contribution in [3.8, 4) is 11.3 Å². The SMILES string of the molecule is Cn1c(=O)c2c(-c3ccccc3Br)n(CCc3ccccc3)cc2n(C)c1=O. The van der Waals surface area contributed by atoms with Crippen LogP contribution in [0.3, 0.4) is 0 Å². The second kappa shape index (κ2) is 7.28. The summed E-state index contributed by atoms with van der Waals surface area (Å²) in [7, 11) is 3.23. The Balaban J connectivity index is 1.98. The highest BCUT2D eigenvalue weighted by Crippen LogP contribution is 2.33. The number of nitrogens with zero attached hydrogens (tertiary/aromatic N) is 3. The first-order valence-corrected chi connectivity index (χ1v) is 9.86. The van der Waals surface area contributed by atoms with Gasteiger partial charge in [0.2, 0.25) is 0 Å². The van der Waals surface area contributed by atoms with E-state index in [1.165, 1.54) is 21.7 Å². The van der Waals surface area contributed by atoms with Crippen LogP contribution in [0.2, 0.25) is 0 Å². The van der Waals surface area contributed by atoms with Crippen molar-refractivity contribution in [1.29, 1.82) is 0 Å². The van der Waals surface area contributed by atoms with Crippen LogP contribution in [-0.4, -0.2) is 13.7 Å². The summed E-state index contributed by atoms with van der Waals surface area (Å²) in [6.07, 6.45) is 2.74. The number of fused-ring (bicyclic) bond motifs is 1. The maximum Gasteiger partial charge on any atom is 0.330 e. The smallest absolute Gasteiger partial charge is 0.330 e. The van der Waals surface area contributed by atoms with Crippen LogP contribution in [0.15, 0.2) is 74.9 Å². The predicted octanol–water partition coefficient (Wildman–Crippen LogP) is 3.71. The van der Waals surface area contributed by atoms with Gasteiger partial charge in [0.25, 0.3) is 5.56 Å². The zero-order chi connectivity index (χ0) is 19.8. The lowest BCUT2D eigenvalue weighted by Gasteiger charge is -2.11. The molecule has 0 unspecified atom stereocenters. The van der Waals surface area contributed by atoms with Crippen LogP contribution in [0, 0.1) is 0 Å². The maximum atomic E-state index is 13.0. The lowest BCUT2D eigenvalue weighted by Crippen LogP contribution is -2.36. The topological polar surface area (TPSA) is 48.9 Å². The first kappa shape index (κ1) is 18.5. The van der Waals surface area contributed by atoms with E-state index in [0.29, 0.717) is 17.4 Å². The van der Waals surface area contributed by atoms with Crippen molar-refractivity contribution >= 4 is 26.8 Å². The van der Waals surface area contributed by atoms with Crippen molar-refractivity contribution in [2.24, 2.45) is 14.1 Å². The number of halogens is 1.